The highest BCUT2D eigenvalue weighted by Gasteiger charge is 2.07. The zero-order valence-corrected chi connectivity index (χ0v) is 18.0. The Labute approximate surface area is 168 Å². The Morgan fingerprint density at radius 3 is 1.41 bits per heavy atom. The number of hydrogen-bond donors (Lipinski definition) is 2. The maximum atomic E-state index is 10.7. The first-order valence-corrected chi connectivity index (χ1v) is 11.7. The third-order valence-electron chi connectivity index (χ3n) is 5.36. The third kappa shape index (κ3) is 21.3. The molecule has 0 fully saturated rings. The van der Waals surface area contributed by atoms with E-state index in [0.29, 0.717) is 13.0 Å². The van der Waals surface area contributed by atoms with Crippen LogP contribution >= 0.6 is 0 Å². The van der Waals surface area contributed by atoms with Gasteiger partial charge in [0.15, 0.2) is 0 Å². The van der Waals surface area contributed by atoms with Crippen molar-refractivity contribution in [2.24, 2.45) is 5.92 Å². The molecule has 0 saturated heterocycles. The van der Waals surface area contributed by atoms with Crippen molar-refractivity contribution in [3.05, 3.63) is 12.2 Å². The molecule has 0 aromatic carbocycles. The zero-order chi connectivity index (χ0) is 20.0. The summed E-state index contributed by atoms with van der Waals surface area (Å²) in [7, 11) is 0. The zero-order valence-electron chi connectivity index (χ0n) is 18.0. The number of aliphatic hydroxyl groups is 1. The highest BCUT2D eigenvalue weighted by molar-refractivity contribution is 5.69. The second-order valence-corrected chi connectivity index (χ2v) is 8.12. The van der Waals surface area contributed by atoms with E-state index in [4.69, 9.17) is 10.2 Å². The summed E-state index contributed by atoms with van der Waals surface area (Å²) in [5, 5.41) is 17.5. The maximum Gasteiger partial charge on any atom is 0.306 e. The van der Waals surface area contributed by atoms with Gasteiger partial charge in [-0.2, -0.15) is 0 Å². The number of aliphatic hydroxyl groups excluding tert-OH is 1. The average molecular weight is 383 g/mol. The van der Waals surface area contributed by atoms with Crippen LogP contribution in [0, 0.1) is 5.92 Å². The monoisotopic (exact) mass is 382 g/mol. The summed E-state index contributed by atoms with van der Waals surface area (Å²) in [4.78, 5) is 10.7. The summed E-state index contributed by atoms with van der Waals surface area (Å²) in [6, 6.07) is 0. The van der Waals surface area contributed by atoms with Crippen LogP contribution in [-0.2, 0) is 4.79 Å². The second kappa shape index (κ2) is 21.5. The lowest BCUT2D eigenvalue weighted by Crippen LogP contribution is -2.07. The molecule has 27 heavy (non-hydrogen) atoms. The number of carboxylic acids is 1. The van der Waals surface area contributed by atoms with E-state index < -0.39 is 5.97 Å². The van der Waals surface area contributed by atoms with Gasteiger partial charge in [-0.3, -0.25) is 4.79 Å². The second-order valence-electron chi connectivity index (χ2n) is 8.12. The van der Waals surface area contributed by atoms with E-state index in [1.54, 1.807) is 6.92 Å². The van der Waals surface area contributed by atoms with Gasteiger partial charge in [-0.15, -0.1) is 0 Å². The normalized spacial score (nSPS) is 12.7. The standard InChI is InChI=1S/C24H46O3/c1-23(24(26)27)21-19-17-15-13-11-9-7-5-3-2-4-6-8-10-12-14-16-18-20-22-25/h17,19,23,25H,2-16,18,20-22H2,1H3,(H,26,27)/b19-17+. The van der Waals surface area contributed by atoms with E-state index in [0.717, 1.165) is 12.8 Å². The maximum absolute atomic E-state index is 10.7. The number of carboxylic acid groups (broad SMARTS) is 1. The molecule has 1 atom stereocenters. The van der Waals surface area contributed by atoms with Crippen LogP contribution in [-0.4, -0.2) is 22.8 Å². The molecule has 0 aliphatic rings. The van der Waals surface area contributed by atoms with Crippen molar-refractivity contribution in [1.29, 1.82) is 0 Å². The summed E-state index contributed by atoms with van der Waals surface area (Å²) in [5.41, 5.74) is 0. The Balaban J connectivity index is 3.11. The lowest BCUT2D eigenvalue weighted by Gasteiger charge is -2.03. The fraction of sp³-hybridized carbons (Fsp3) is 0.875. The number of rotatable bonds is 21. The molecule has 0 spiro atoms. The van der Waals surface area contributed by atoms with Crippen molar-refractivity contribution >= 4 is 5.97 Å². The van der Waals surface area contributed by atoms with E-state index in [1.807, 2.05) is 6.08 Å². The van der Waals surface area contributed by atoms with Crippen molar-refractivity contribution in [3.63, 3.8) is 0 Å². The molecule has 0 saturated carbocycles. The van der Waals surface area contributed by atoms with E-state index in [-0.39, 0.29) is 5.92 Å². The van der Waals surface area contributed by atoms with Gasteiger partial charge < -0.3 is 10.2 Å². The Morgan fingerprint density at radius 1 is 0.667 bits per heavy atom. The first-order valence-electron chi connectivity index (χ1n) is 11.7. The lowest BCUT2D eigenvalue weighted by molar-refractivity contribution is -0.140. The summed E-state index contributed by atoms with van der Waals surface area (Å²) in [5.74, 6) is -0.964. The number of carbonyl (C=O) groups is 1. The summed E-state index contributed by atoms with van der Waals surface area (Å²) in [6.45, 7) is 2.11. The van der Waals surface area contributed by atoms with Gasteiger partial charge in [0.2, 0.25) is 0 Å². The topological polar surface area (TPSA) is 57.5 Å². The van der Waals surface area contributed by atoms with Crippen LogP contribution in [0.2, 0.25) is 0 Å². The van der Waals surface area contributed by atoms with Gasteiger partial charge in [-0.25, -0.2) is 0 Å². The smallest absolute Gasteiger partial charge is 0.306 e. The fourth-order valence-electron chi connectivity index (χ4n) is 3.37. The van der Waals surface area contributed by atoms with Crippen LogP contribution in [0.4, 0.5) is 0 Å². The Kier molecular flexibility index (Phi) is 20.8. The Hall–Kier alpha value is -0.830. The van der Waals surface area contributed by atoms with Gasteiger partial charge in [0.25, 0.3) is 0 Å². The molecule has 0 rings (SSSR count). The number of aliphatic carboxylic acids is 1. The molecule has 3 nitrogen and oxygen atoms in total. The highest BCUT2D eigenvalue weighted by Crippen LogP contribution is 2.14. The molecule has 1 unspecified atom stereocenters. The molecule has 160 valence electrons. The van der Waals surface area contributed by atoms with Gasteiger partial charge in [0.1, 0.15) is 0 Å². The minimum Gasteiger partial charge on any atom is -0.481 e. The minimum absolute atomic E-state index is 0.261. The van der Waals surface area contributed by atoms with Crippen LogP contribution in [0.15, 0.2) is 12.2 Å². The minimum atomic E-state index is -0.704. The first-order chi connectivity index (χ1) is 13.2. The average Bonchev–Trinajstić information content (AvgIpc) is 2.66. The fourth-order valence-corrected chi connectivity index (χ4v) is 3.37. The predicted octanol–water partition coefficient (Wildman–Crippen LogP) is 7.28. The van der Waals surface area contributed by atoms with Crippen LogP contribution in [0.3, 0.4) is 0 Å². The summed E-state index contributed by atoms with van der Waals surface area (Å²) >= 11 is 0. The van der Waals surface area contributed by atoms with Crippen molar-refractivity contribution in [2.45, 2.75) is 122 Å². The molecule has 0 aromatic rings. The molecule has 0 heterocycles. The summed E-state index contributed by atoms with van der Waals surface area (Å²) < 4.78 is 0. The lowest BCUT2D eigenvalue weighted by atomic mass is 10.0. The molecule has 0 bridgehead atoms. The molecule has 2 N–H and O–H groups in total. The van der Waals surface area contributed by atoms with Gasteiger partial charge in [0.05, 0.1) is 5.92 Å². The number of hydrogen-bond acceptors (Lipinski definition) is 2. The largest absolute Gasteiger partial charge is 0.481 e. The number of unbranched alkanes of at least 4 members (excludes halogenated alkanes) is 16. The molecule has 0 radical (unpaired) electrons. The molecular formula is C24H46O3. The predicted molar refractivity (Wildman–Crippen MR) is 116 cm³/mol. The quantitative estimate of drug-likeness (QED) is 0.162. The van der Waals surface area contributed by atoms with E-state index in [1.165, 1.54) is 96.3 Å². The van der Waals surface area contributed by atoms with Gasteiger partial charge >= 0.3 is 5.97 Å². The molecule has 0 amide bonds. The van der Waals surface area contributed by atoms with E-state index >= 15 is 0 Å². The van der Waals surface area contributed by atoms with Gasteiger partial charge in [-0.1, -0.05) is 109 Å². The van der Waals surface area contributed by atoms with Crippen LogP contribution in [0.25, 0.3) is 0 Å². The van der Waals surface area contributed by atoms with E-state index in [9.17, 15) is 4.79 Å². The van der Waals surface area contributed by atoms with Crippen molar-refractivity contribution in [3.8, 4) is 0 Å². The molecule has 0 aliphatic heterocycles. The molecule has 3 heteroatoms. The molecule has 0 aliphatic carbocycles. The van der Waals surface area contributed by atoms with Crippen molar-refractivity contribution in [1.82, 2.24) is 0 Å². The number of allylic oxidation sites excluding steroid dienone is 2. The van der Waals surface area contributed by atoms with Crippen molar-refractivity contribution in [2.75, 3.05) is 6.61 Å². The Bertz CT molecular complexity index is 339. The van der Waals surface area contributed by atoms with Gasteiger partial charge in [-0.05, 0) is 25.7 Å². The molecular weight excluding hydrogens is 336 g/mol. The van der Waals surface area contributed by atoms with Crippen LogP contribution in [0.1, 0.15) is 122 Å². The van der Waals surface area contributed by atoms with Crippen molar-refractivity contribution < 1.29 is 15.0 Å². The van der Waals surface area contributed by atoms with Crippen LogP contribution < -0.4 is 0 Å². The molecule has 0 aromatic heterocycles. The van der Waals surface area contributed by atoms with E-state index in [2.05, 4.69) is 6.08 Å². The van der Waals surface area contributed by atoms with Crippen LogP contribution in [0.5, 0.6) is 0 Å². The first kappa shape index (κ1) is 26.2. The Morgan fingerprint density at radius 2 is 1.04 bits per heavy atom. The highest BCUT2D eigenvalue weighted by atomic mass is 16.4. The van der Waals surface area contributed by atoms with Gasteiger partial charge in [0, 0.05) is 6.61 Å². The third-order valence-corrected chi connectivity index (χ3v) is 5.36. The SMILES string of the molecule is CC(C/C=C/CCCCCCCCCCCCCCCCCCO)C(=O)O. The summed E-state index contributed by atoms with van der Waals surface area (Å²) in [6.07, 6.45) is 27.1.